The van der Waals surface area contributed by atoms with Gasteiger partial charge in [0, 0.05) is 0 Å². The highest BCUT2D eigenvalue weighted by Crippen LogP contribution is 2.63. The first-order valence-corrected chi connectivity index (χ1v) is 6.61. The first kappa shape index (κ1) is 11.0. The minimum absolute atomic E-state index is 0.0330. The molecule has 0 aromatic heterocycles. The summed E-state index contributed by atoms with van der Waals surface area (Å²) in [4.78, 5) is 0. The number of aliphatic hydroxyl groups excluding tert-OH is 2. The lowest BCUT2D eigenvalue weighted by Crippen LogP contribution is -2.66. The van der Waals surface area contributed by atoms with E-state index in [1.165, 1.54) is 19.3 Å². The Hall–Kier alpha value is -0.120. The van der Waals surface area contributed by atoms with Crippen molar-refractivity contribution in [1.82, 2.24) is 0 Å². The van der Waals surface area contributed by atoms with Gasteiger partial charge in [-0.1, -0.05) is 0 Å². The van der Waals surface area contributed by atoms with E-state index in [-0.39, 0.29) is 18.6 Å². The summed E-state index contributed by atoms with van der Waals surface area (Å²) in [5.41, 5.74) is 5.58. The molecule has 4 fully saturated rings. The van der Waals surface area contributed by atoms with Crippen molar-refractivity contribution in [2.75, 3.05) is 13.2 Å². The van der Waals surface area contributed by atoms with E-state index < -0.39 is 5.54 Å². The second-order valence-electron chi connectivity index (χ2n) is 6.67. The zero-order valence-electron chi connectivity index (χ0n) is 9.86. The van der Waals surface area contributed by atoms with Crippen molar-refractivity contribution in [3.05, 3.63) is 0 Å². The van der Waals surface area contributed by atoms with E-state index in [2.05, 4.69) is 0 Å². The van der Waals surface area contributed by atoms with Crippen LogP contribution in [-0.4, -0.2) is 29.0 Å². The van der Waals surface area contributed by atoms with Crippen LogP contribution in [0.5, 0.6) is 0 Å². The van der Waals surface area contributed by atoms with Crippen LogP contribution < -0.4 is 5.73 Å². The minimum atomic E-state index is -0.747. The Morgan fingerprint density at radius 1 is 0.938 bits per heavy atom. The summed E-state index contributed by atoms with van der Waals surface area (Å²) in [6, 6.07) is 0. The molecule has 92 valence electrons. The monoisotopic (exact) mass is 225 g/mol. The Morgan fingerprint density at radius 3 is 1.62 bits per heavy atom. The number of aliphatic hydroxyl groups is 2. The van der Waals surface area contributed by atoms with Gasteiger partial charge in [-0.2, -0.15) is 0 Å². The molecule has 4 aliphatic rings. The molecule has 16 heavy (non-hydrogen) atoms. The zero-order chi connectivity index (χ0) is 11.4. The maximum absolute atomic E-state index is 9.56. The molecule has 0 aliphatic heterocycles. The van der Waals surface area contributed by atoms with Crippen LogP contribution in [-0.2, 0) is 0 Å². The van der Waals surface area contributed by atoms with Crippen molar-refractivity contribution >= 4 is 0 Å². The molecular weight excluding hydrogens is 202 g/mol. The molecule has 4 bridgehead atoms. The first-order valence-electron chi connectivity index (χ1n) is 6.61. The molecule has 4 aliphatic carbocycles. The lowest BCUT2D eigenvalue weighted by atomic mass is 9.45. The Labute approximate surface area is 97.0 Å². The number of rotatable bonds is 3. The van der Waals surface area contributed by atoms with Gasteiger partial charge in [0.05, 0.1) is 18.8 Å². The van der Waals surface area contributed by atoms with Crippen molar-refractivity contribution in [2.45, 2.75) is 44.1 Å². The predicted octanol–water partition coefficient (Wildman–Crippen LogP) is 0.885. The van der Waals surface area contributed by atoms with Crippen molar-refractivity contribution in [3.8, 4) is 0 Å². The van der Waals surface area contributed by atoms with E-state index in [4.69, 9.17) is 5.73 Å². The molecular formula is C13H23NO2. The minimum Gasteiger partial charge on any atom is -0.394 e. The van der Waals surface area contributed by atoms with Crippen LogP contribution in [0.3, 0.4) is 0 Å². The van der Waals surface area contributed by atoms with Crippen molar-refractivity contribution in [2.24, 2.45) is 28.9 Å². The summed E-state index contributed by atoms with van der Waals surface area (Å²) in [6.45, 7) is -0.148. The van der Waals surface area contributed by atoms with Crippen LogP contribution in [0, 0.1) is 23.2 Å². The summed E-state index contributed by atoms with van der Waals surface area (Å²) in [6.07, 6.45) is 7.51. The smallest absolute Gasteiger partial charge is 0.0680 e. The average molecular weight is 225 g/mol. The van der Waals surface area contributed by atoms with Gasteiger partial charge in [-0.25, -0.2) is 0 Å². The molecule has 0 heterocycles. The van der Waals surface area contributed by atoms with Gasteiger partial charge >= 0.3 is 0 Å². The summed E-state index contributed by atoms with van der Waals surface area (Å²) >= 11 is 0. The van der Waals surface area contributed by atoms with E-state index in [0.29, 0.717) is 0 Å². The van der Waals surface area contributed by atoms with E-state index in [0.717, 1.165) is 37.0 Å². The molecule has 0 saturated heterocycles. The largest absolute Gasteiger partial charge is 0.394 e. The average Bonchev–Trinajstić information content (AvgIpc) is 2.26. The van der Waals surface area contributed by atoms with E-state index in [1.807, 2.05) is 0 Å². The summed E-state index contributed by atoms with van der Waals surface area (Å²) in [7, 11) is 0. The third-order valence-corrected chi connectivity index (χ3v) is 5.66. The van der Waals surface area contributed by atoms with Gasteiger partial charge in [0.2, 0.25) is 0 Å². The number of nitrogens with two attached hydrogens (primary N) is 1. The molecule has 0 amide bonds. The predicted molar refractivity (Wildman–Crippen MR) is 61.7 cm³/mol. The molecule has 0 radical (unpaired) electrons. The van der Waals surface area contributed by atoms with Crippen LogP contribution in [0.15, 0.2) is 0 Å². The van der Waals surface area contributed by atoms with Crippen molar-refractivity contribution in [3.63, 3.8) is 0 Å². The Bertz CT molecular complexity index is 250. The molecule has 0 unspecified atom stereocenters. The highest BCUT2D eigenvalue weighted by Gasteiger charge is 2.58. The Balaban J connectivity index is 1.93. The van der Waals surface area contributed by atoms with Gasteiger partial charge in [0.15, 0.2) is 0 Å². The molecule has 4 N–H and O–H groups in total. The molecule has 0 atom stereocenters. The Morgan fingerprint density at radius 2 is 1.31 bits per heavy atom. The molecule has 3 nitrogen and oxygen atoms in total. The number of hydrogen-bond donors (Lipinski definition) is 3. The molecule has 0 aromatic rings. The van der Waals surface area contributed by atoms with Gasteiger partial charge in [-0.15, -0.1) is 0 Å². The van der Waals surface area contributed by atoms with Crippen LogP contribution in [0.2, 0.25) is 0 Å². The topological polar surface area (TPSA) is 66.5 Å². The highest BCUT2D eigenvalue weighted by atomic mass is 16.3. The van der Waals surface area contributed by atoms with Crippen LogP contribution >= 0.6 is 0 Å². The van der Waals surface area contributed by atoms with Crippen LogP contribution in [0.25, 0.3) is 0 Å². The summed E-state index contributed by atoms with van der Waals surface area (Å²) in [5.74, 6) is 2.44. The maximum Gasteiger partial charge on any atom is 0.0680 e. The lowest BCUT2D eigenvalue weighted by molar-refractivity contribution is -0.122. The summed E-state index contributed by atoms with van der Waals surface area (Å²) in [5, 5.41) is 19.1. The standard InChI is InChI=1S/C13H23NO2/c14-13(7-15,8-16)12-4-9-1-10(5-12)3-11(2-9)6-12/h9-11,15-16H,1-8,14H2. The van der Waals surface area contributed by atoms with Gasteiger partial charge in [0.25, 0.3) is 0 Å². The van der Waals surface area contributed by atoms with Crippen molar-refractivity contribution < 1.29 is 10.2 Å². The second-order valence-corrected chi connectivity index (χ2v) is 6.67. The van der Waals surface area contributed by atoms with E-state index >= 15 is 0 Å². The third kappa shape index (κ3) is 1.31. The van der Waals surface area contributed by atoms with Gasteiger partial charge in [-0.05, 0) is 61.7 Å². The molecule has 0 aromatic carbocycles. The number of hydrogen-bond acceptors (Lipinski definition) is 3. The summed E-state index contributed by atoms with van der Waals surface area (Å²) < 4.78 is 0. The van der Waals surface area contributed by atoms with E-state index in [1.54, 1.807) is 0 Å². The zero-order valence-corrected chi connectivity index (χ0v) is 9.86. The van der Waals surface area contributed by atoms with Gasteiger partial charge < -0.3 is 15.9 Å². The molecule has 4 saturated carbocycles. The molecule has 3 heteroatoms. The normalized spacial score (nSPS) is 46.3. The fourth-order valence-corrected chi connectivity index (χ4v) is 5.11. The quantitative estimate of drug-likeness (QED) is 0.668. The maximum atomic E-state index is 9.56. The second kappa shape index (κ2) is 3.44. The molecule has 0 spiro atoms. The fourth-order valence-electron chi connectivity index (χ4n) is 5.11. The first-order chi connectivity index (χ1) is 7.61. The SMILES string of the molecule is NC(CO)(CO)C12CC3CC(CC(C3)C1)C2. The van der Waals surface area contributed by atoms with Crippen LogP contribution in [0.1, 0.15) is 38.5 Å². The van der Waals surface area contributed by atoms with Crippen molar-refractivity contribution in [1.29, 1.82) is 0 Å². The molecule has 4 rings (SSSR count). The highest BCUT2D eigenvalue weighted by molar-refractivity contribution is 5.11. The Kier molecular flexibility index (Phi) is 2.36. The van der Waals surface area contributed by atoms with Gasteiger partial charge in [-0.3, -0.25) is 0 Å². The fraction of sp³-hybridized carbons (Fsp3) is 1.00. The third-order valence-electron chi connectivity index (χ3n) is 5.66. The van der Waals surface area contributed by atoms with E-state index in [9.17, 15) is 10.2 Å². The van der Waals surface area contributed by atoms with Crippen LogP contribution in [0.4, 0.5) is 0 Å². The van der Waals surface area contributed by atoms with Gasteiger partial charge in [0.1, 0.15) is 0 Å². The lowest BCUT2D eigenvalue weighted by Gasteiger charge is -2.62.